The van der Waals surface area contributed by atoms with Crippen LogP contribution in [0.15, 0.2) is 30.7 Å². The Labute approximate surface area is 118 Å². The summed E-state index contributed by atoms with van der Waals surface area (Å²) in [5.74, 6) is 0. The predicted octanol–water partition coefficient (Wildman–Crippen LogP) is 2.86. The third-order valence-electron chi connectivity index (χ3n) is 2.52. The van der Waals surface area contributed by atoms with Gasteiger partial charge >= 0.3 is 6.18 Å². The molecule has 8 heteroatoms. The molecule has 0 atom stereocenters. The van der Waals surface area contributed by atoms with Crippen molar-refractivity contribution in [2.24, 2.45) is 5.73 Å². The molecular formula is C12H11F3N4S. The van der Waals surface area contributed by atoms with E-state index in [4.69, 9.17) is 5.73 Å². The summed E-state index contributed by atoms with van der Waals surface area (Å²) in [5, 5.41) is 2.41. The number of anilines is 1. The number of halogens is 3. The van der Waals surface area contributed by atoms with Gasteiger partial charge in [0.25, 0.3) is 0 Å². The Hall–Kier alpha value is -2.09. The van der Waals surface area contributed by atoms with E-state index in [-0.39, 0.29) is 10.8 Å². The Morgan fingerprint density at radius 3 is 2.55 bits per heavy atom. The molecule has 20 heavy (non-hydrogen) atoms. The number of thiocarbonyl (C=S) groups is 1. The van der Waals surface area contributed by atoms with Gasteiger partial charge in [-0.1, -0.05) is 0 Å². The second-order valence-electron chi connectivity index (χ2n) is 4.18. The van der Waals surface area contributed by atoms with Crippen molar-refractivity contribution < 1.29 is 13.2 Å². The van der Waals surface area contributed by atoms with Gasteiger partial charge in [0.05, 0.1) is 17.6 Å². The van der Waals surface area contributed by atoms with Gasteiger partial charge in [-0.15, -0.1) is 0 Å². The molecule has 0 bridgehead atoms. The fourth-order valence-electron chi connectivity index (χ4n) is 1.70. The van der Waals surface area contributed by atoms with Crippen molar-refractivity contribution in [1.29, 1.82) is 0 Å². The molecule has 1 aromatic carbocycles. The summed E-state index contributed by atoms with van der Waals surface area (Å²) < 4.78 is 40.2. The first-order valence-electron chi connectivity index (χ1n) is 5.55. The smallest absolute Gasteiger partial charge is 0.376 e. The maximum atomic E-state index is 12.9. The SMILES string of the molecule is Cc1cn(-c2cc(NC(N)=S)cc(C(F)(F)F)c2)cn1. The van der Waals surface area contributed by atoms with Crippen LogP contribution in [-0.2, 0) is 6.18 Å². The van der Waals surface area contributed by atoms with Gasteiger partial charge in [0, 0.05) is 17.6 Å². The minimum Gasteiger partial charge on any atom is -0.376 e. The van der Waals surface area contributed by atoms with E-state index in [2.05, 4.69) is 22.5 Å². The van der Waals surface area contributed by atoms with Gasteiger partial charge in [-0.05, 0) is 37.3 Å². The zero-order chi connectivity index (χ0) is 14.9. The molecule has 4 nitrogen and oxygen atoms in total. The van der Waals surface area contributed by atoms with E-state index in [0.29, 0.717) is 11.4 Å². The molecule has 0 radical (unpaired) electrons. The van der Waals surface area contributed by atoms with Crippen LogP contribution >= 0.6 is 12.2 Å². The van der Waals surface area contributed by atoms with Gasteiger partial charge in [-0.3, -0.25) is 0 Å². The molecule has 0 saturated carbocycles. The minimum atomic E-state index is -4.46. The van der Waals surface area contributed by atoms with E-state index in [1.807, 2.05) is 0 Å². The average molecular weight is 300 g/mol. The number of rotatable bonds is 2. The molecular weight excluding hydrogens is 289 g/mol. The quantitative estimate of drug-likeness (QED) is 0.837. The lowest BCUT2D eigenvalue weighted by Gasteiger charge is -2.13. The number of nitrogens with two attached hydrogens (primary N) is 1. The zero-order valence-corrected chi connectivity index (χ0v) is 11.2. The average Bonchev–Trinajstić information content (AvgIpc) is 2.73. The molecule has 0 spiro atoms. The maximum Gasteiger partial charge on any atom is 0.416 e. The number of benzene rings is 1. The Balaban J connectivity index is 2.53. The van der Waals surface area contributed by atoms with Crippen molar-refractivity contribution in [3.63, 3.8) is 0 Å². The second-order valence-corrected chi connectivity index (χ2v) is 4.62. The summed E-state index contributed by atoms with van der Waals surface area (Å²) in [6, 6.07) is 3.49. The number of hydrogen-bond donors (Lipinski definition) is 2. The van der Waals surface area contributed by atoms with Crippen LogP contribution in [0.4, 0.5) is 18.9 Å². The van der Waals surface area contributed by atoms with Gasteiger partial charge in [0.1, 0.15) is 0 Å². The molecule has 0 fully saturated rings. The summed E-state index contributed by atoms with van der Waals surface area (Å²) >= 11 is 4.64. The number of hydrogen-bond acceptors (Lipinski definition) is 2. The van der Waals surface area contributed by atoms with Crippen molar-refractivity contribution in [1.82, 2.24) is 9.55 Å². The van der Waals surface area contributed by atoms with Crippen molar-refractivity contribution in [2.45, 2.75) is 13.1 Å². The van der Waals surface area contributed by atoms with E-state index in [1.165, 1.54) is 17.0 Å². The van der Waals surface area contributed by atoms with Gasteiger partial charge in [-0.2, -0.15) is 13.2 Å². The van der Waals surface area contributed by atoms with Crippen LogP contribution < -0.4 is 11.1 Å². The van der Waals surface area contributed by atoms with E-state index in [9.17, 15) is 13.2 Å². The molecule has 2 rings (SSSR count). The highest BCUT2D eigenvalue weighted by Crippen LogP contribution is 2.33. The van der Waals surface area contributed by atoms with Gasteiger partial charge < -0.3 is 15.6 Å². The minimum absolute atomic E-state index is 0.0999. The maximum absolute atomic E-state index is 12.9. The van der Waals surface area contributed by atoms with Gasteiger partial charge in [0.15, 0.2) is 5.11 Å². The number of imidazole rings is 1. The van der Waals surface area contributed by atoms with E-state index < -0.39 is 11.7 Å². The zero-order valence-electron chi connectivity index (χ0n) is 10.4. The first-order valence-corrected chi connectivity index (χ1v) is 5.96. The molecule has 0 amide bonds. The summed E-state index contributed by atoms with van der Waals surface area (Å²) in [6.45, 7) is 1.75. The number of aromatic nitrogens is 2. The lowest BCUT2D eigenvalue weighted by Crippen LogP contribution is -2.19. The second kappa shape index (κ2) is 5.12. The van der Waals surface area contributed by atoms with E-state index in [1.54, 1.807) is 13.1 Å². The Bertz CT molecular complexity index is 648. The Kier molecular flexibility index (Phi) is 3.67. The van der Waals surface area contributed by atoms with Crippen molar-refractivity contribution in [3.8, 4) is 5.69 Å². The van der Waals surface area contributed by atoms with E-state index in [0.717, 1.165) is 12.1 Å². The van der Waals surface area contributed by atoms with Gasteiger partial charge in [-0.25, -0.2) is 4.98 Å². The molecule has 0 saturated heterocycles. The highest BCUT2D eigenvalue weighted by atomic mass is 32.1. The molecule has 0 unspecified atom stereocenters. The van der Waals surface area contributed by atoms with Gasteiger partial charge in [0.2, 0.25) is 0 Å². The van der Waals surface area contributed by atoms with Crippen LogP contribution in [-0.4, -0.2) is 14.7 Å². The fourth-order valence-corrected chi connectivity index (χ4v) is 1.82. The molecule has 0 aliphatic rings. The molecule has 1 aromatic heterocycles. The third kappa shape index (κ3) is 3.27. The van der Waals surface area contributed by atoms with Crippen LogP contribution in [0, 0.1) is 6.92 Å². The summed E-state index contributed by atoms with van der Waals surface area (Å²) in [4.78, 5) is 3.99. The van der Waals surface area contributed by atoms with Crippen LogP contribution in [0.3, 0.4) is 0 Å². The monoisotopic (exact) mass is 300 g/mol. The summed E-state index contributed by atoms with van der Waals surface area (Å²) in [5.41, 5.74) is 5.70. The highest BCUT2D eigenvalue weighted by molar-refractivity contribution is 7.80. The first-order chi connectivity index (χ1) is 9.25. The number of aryl methyl sites for hydroxylation is 1. The number of nitrogens with zero attached hydrogens (tertiary/aromatic N) is 2. The van der Waals surface area contributed by atoms with Crippen molar-refractivity contribution in [3.05, 3.63) is 42.0 Å². The van der Waals surface area contributed by atoms with Crippen LogP contribution in [0.1, 0.15) is 11.3 Å². The summed E-state index contributed by atoms with van der Waals surface area (Å²) in [6.07, 6.45) is -1.40. The molecule has 0 aliphatic carbocycles. The largest absolute Gasteiger partial charge is 0.416 e. The van der Waals surface area contributed by atoms with Crippen molar-refractivity contribution >= 4 is 23.0 Å². The Morgan fingerprint density at radius 1 is 1.35 bits per heavy atom. The normalized spacial score (nSPS) is 11.4. The number of nitrogens with one attached hydrogen (secondary N) is 1. The molecule has 106 valence electrons. The Morgan fingerprint density at radius 2 is 2.05 bits per heavy atom. The predicted molar refractivity (Wildman–Crippen MR) is 73.7 cm³/mol. The van der Waals surface area contributed by atoms with Crippen molar-refractivity contribution in [2.75, 3.05) is 5.32 Å². The standard InChI is InChI=1S/C12H11F3N4S/c1-7-5-19(6-17-7)10-3-8(12(13,14)15)2-9(4-10)18-11(16)20/h2-6H,1H3,(H3,16,18,20). The van der Waals surface area contributed by atoms with Crippen LogP contribution in [0.25, 0.3) is 5.69 Å². The lowest BCUT2D eigenvalue weighted by molar-refractivity contribution is -0.137. The molecule has 0 aliphatic heterocycles. The van der Waals surface area contributed by atoms with Crippen LogP contribution in [0.2, 0.25) is 0 Å². The lowest BCUT2D eigenvalue weighted by atomic mass is 10.1. The fraction of sp³-hybridized carbons (Fsp3) is 0.167. The third-order valence-corrected chi connectivity index (χ3v) is 2.62. The highest BCUT2D eigenvalue weighted by Gasteiger charge is 2.31. The first kappa shape index (κ1) is 14.3. The molecule has 1 heterocycles. The topological polar surface area (TPSA) is 55.9 Å². The van der Waals surface area contributed by atoms with E-state index >= 15 is 0 Å². The summed E-state index contributed by atoms with van der Waals surface area (Å²) in [7, 11) is 0. The van der Waals surface area contributed by atoms with Crippen LogP contribution in [0.5, 0.6) is 0 Å². The molecule has 3 N–H and O–H groups in total. The molecule has 2 aromatic rings. The number of alkyl halides is 3.